The summed E-state index contributed by atoms with van der Waals surface area (Å²) in [5.41, 5.74) is 1.07. The third kappa shape index (κ3) is 4.47. The minimum atomic E-state index is -0.512. The van der Waals surface area contributed by atoms with Crippen LogP contribution >= 0.6 is 11.6 Å². The summed E-state index contributed by atoms with van der Waals surface area (Å²) in [5, 5.41) is 16.8. The Hall–Kier alpha value is -2.60. The van der Waals surface area contributed by atoms with Crippen LogP contribution in [0.25, 0.3) is 0 Å². The monoisotopic (exact) mass is 305 g/mol. The van der Waals surface area contributed by atoms with Gasteiger partial charge in [-0.05, 0) is 30.3 Å². The zero-order valence-corrected chi connectivity index (χ0v) is 11.6. The van der Waals surface area contributed by atoms with Crippen LogP contribution in [0.2, 0.25) is 5.02 Å². The highest BCUT2D eigenvalue weighted by Crippen LogP contribution is 2.17. The molecule has 0 heterocycles. The number of benzene rings is 2. The lowest BCUT2D eigenvalue weighted by Gasteiger charge is -2.07. The number of carbonyl (C=O) groups excluding carboxylic acids is 1. The van der Waals surface area contributed by atoms with Gasteiger partial charge in [0.2, 0.25) is 5.91 Å². The number of rotatable bonds is 5. The van der Waals surface area contributed by atoms with Gasteiger partial charge in [-0.25, -0.2) is 0 Å². The van der Waals surface area contributed by atoms with E-state index in [2.05, 4.69) is 10.6 Å². The molecule has 0 bridgehead atoms. The lowest BCUT2D eigenvalue weighted by atomic mass is 10.3. The number of nitro groups is 1. The second kappa shape index (κ2) is 6.71. The van der Waals surface area contributed by atoms with Gasteiger partial charge in [0.25, 0.3) is 5.69 Å². The molecular formula is C14H12ClN3O3. The van der Waals surface area contributed by atoms with E-state index in [0.717, 1.165) is 5.69 Å². The molecule has 1 amide bonds. The molecule has 2 aromatic carbocycles. The fourth-order valence-electron chi connectivity index (χ4n) is 1.65. The number of hydrogen-bond acceptors (Lipinski definition) is 4. The molecule has 7 heteroatoms. The molecule has 0 spiro atoms. The summed E-state index contributed by atoms with van der Waals surface area (Å²) in [4.78, 5) is 21.9. The van der Waals surface area contributed by atoms with E-state index in [1.165, 1.54) is 18.2 Å². The minimum Gasteiger partial charge on any atom is -0.376 e. The first kappa shape index (κ1) is 14.8. The smallest absolute Gasteiger partial charge is 0.271 e. The number of anilines is 2. The van der Waals surface area contributed by atoms with Crippen LogP contribution in [0, 0.1) is 10.1 Å². The molecule has 0 atom stereocenters. The standard InChI is InChI=1S/C14H12ClN3O3/c15-10-4-6-11(7-5-10)16-9-14(19)17-12-2-1-3-13(8-12)18(20)21/h1-8,16H,9H2,(H,17,19). The number of halogens is 1. The van der Waals surface area contributed by atoms with Crippen molar-refractivity contribution in [2.24, 2.45) is 0 Å². The summed E-state index contributed by atoms with van der Waals surface area (Å²) < 4.78 is 0. The molecule has 0 aromatic heterocycles. The predicted molar refractivity (Wildman–Crippen MR) is 81.7 cm³/mol. The zero-order valence-electron chi connectivity index (χ0n) is 10.9. The maximum atomic E-state index is 11.8. The Balaban J connectivity index is 1.91. The van der Waals surface area contributed by atoms with E-state index in [9.17, 15) is 14.9 Å². The van der Waals surface area contributed by atoms with Crippen molar-refractivity contribution in [3.63, 3.8) is 0 Å². The first-order chi connectivity index (χ1) is 10.0. The number of hydrogen-bond donors (Lipinski definition) is 2. The molecule has 2 rings (SSSR count). The highest BCUT2D eigenvalue weighted by molar-refractivity contribution is 6.30. The fraction of sp³-hybridized carbons (Fsp3) is 0.0714. The van der Waals surface area contributed by atoms with E-state index in [-0.39, 0.29) is 18.1 Å². The molecule has 6 nitrogen and oxygen atoms in total. The van der Waals surface area contributed by atoms with E-state index < -0.39 is 4.92 Å². The van der Waals surface area contributed by atoms with Crippen molar-refractivity contribution in [1.29, 1.82) is 0 Å². The number of nitrogens with one attached hydrogen (secondary N) is 2. The van der Waals surface area contributed by atoms with Crippen LogP contribution in [-0.4, -0.2) is 17.4 Å². The van der Waals surface area contributed by atoms with E-state index in [1.807, 2.05) is 0 Å². The van der Waals surface area contributed by atoms with Crippen LogP contribution in [0.5, 0.6) is 0 Å². The topological polar surface area (TPSA) is 84.3 Å². The Morgan fingerprint density at radius 1 is 1.14 bits per heavy atom. The summed E-state index contributed by atoms with van der Waals surface area (Å²) in [5.74, 6) is -0.301. The largest absolute Gasteiger partial charge is 0.376 e. The fourth-order valence-corrected chi connectivity index (χ4v) is 1.78. The van der Waals surface area contributed by atoms with Gasteiger partial charge in [0.05, 0.1) is 11.5 Å². The highest BCUT2D eigenvalue weighted by Gasteiger charge is 2.08. The number of carbonyl (C=O) groups is 1. The van der Waals surface area contributed by atoms with Crippen molar-refractivity contribution in [2.45, 2.75) is 0 Å². The summed E-state index contributed by atoms with van der Waals surface area (Å²) >= 11 is 5.76. The first-order valence-electron chi connectivity index (χ1n) is 6.08. The number of nitrogens with zero attached hydrogens (tertiary/aromatic N) is 1. The second-order valence-corrected chi connectivity index (χ2v) is 4.65. The van der Waals surface area contributed by atoms with Crippen molar-refractivity contribution in [1.82, 2.24) is 0 Å². The van der Waals surface area contributed by atoms with Crippen molar-refractivity contribution in [2.75, 3.05) is 17.2 Å². The van der Waals surface area contributed by atoms with Crippen LogP contribution in [0.15, 0.2) is 48.5 Å². The number of non-ortho nitro benzene ring substituents is 1. The van der Waals surface area contributed by atoms with Gasteiger partial charge < -0.3 is 10.6 Å². The summed E-state index contributed by atoms with van der Waals surface area (Å²) in [7, 11) is 0. The van der Waals surface area contributed by atoms with Gasteiger partial charge >= 0.3 is 0 Å². The Kier molecular flexibility index (Phi) is 4.73. The zero-order chi connectivity index (χ0) is 15.2. The van der Waals surface area contributed by atoms with Crippen molar-refractivity contribution < 1.29 is 9.72 Å². The van der Waals surface area contributed by atoms with Gasteiger partial charge in [-0.15, -0.1) is 0 Å². The summed E-state index contributed by atoms with van der Waals surface area (Å²) in [6, 6.07) is 12.7. The molecular weight excluding hydrogens is 294 g/mol. The normalized spacial score (nSPS) is 9.95. The maximum absolute atomic E-state index is 11.8. The molecule has 0 saturated heterocycles. The van der Waals surface area contributed by atoms with Crippen LogP contribution in [0.1, 0.15) is 0 Å². The molecule has 0 saturated carbocycles. The summed E-state index contributed by atoms with van der Waals surface area (Å²) in [6.45, 7) is 0.0460. The lowest BCUT2D eigenvalue weighted by Crippen LogP contribution is -2.21. The third-order valence-electron chi connectivity index (χ3n) is 2.64. The Bertz CT molecular complexity index is 659. The molecule has 0 radical (unpaired) electrons. The number of amides is 1. The highest BCUT2D eigenvalue weighted by atomic mass is 35.5. The van der Waals surface area contributed by atoms with E-state index in [1.54, 1.807) is 30.3 Å². The lowest BCUT2D eigenvalue weighted by molar-refractivity contribution is -0.384. The quantitative estimate of drug-likeness (QED) is 0.655. The van der Waals surface area contributed by atoms with E-state index >= 15 is 0 Å². The molecule has 21 heavy (non-hydrogen) atoms. The van der Waals surface area contributed by atoms with Gasteiger partial charge in [0.1, 0.15) is 0 Å². The van der Waals surface area contributed by atoms with Gasteiger partial charge in [-0.1, -0.05) is 17.7 Å². The summed E-state index contributed by atoms with van der Waals surface area (Å²) in [6.07, 6.45) is 0. The molecule has 108 valence electrons. The Labute approximate surface area is 125 Å². The van der Waals surface area contributed by atoms with Crippen LogP contribution < -0.4 is 10.6 Å². The second-order valence-electron chi connectivity index (χ2n) is 4.22. The van der Waals surface area contributed by atoms with Gasteiger partial charge in [0, 0.05) is 28.5 Å². The average Bonchev–Trinajstić information content (AvgIpc) is 2.47. The minimum absolute atomic E-state index is 0.0460. The van der Waals surface area contributed by atoms with Gasteiger partial charge in [-0.3, -0.25) is 14.9 Å². The third-order valence-corrected chi connectivity index (χ3v) is 2.89. The maximum Gasteiger partial charge on any atom is 0.271 e. The van der Waals surface area contributed by atoms with Crippen LogP contribution in [0.3, 0.4) is 0 Å². The molecule has 2 aromatic rings. The van der Waals surface area contributed by atoms with Crippen molar-refractivity contribution in [3.8, 4) is 0 Å². The van der Waals surface area contributed by atoms with Gasteiger partial charge in [-0.2, -0.15) is 0 Å². The van der Waals surface area contributed by atoms with Crippen molar-refractivity contribution in [3.05, 3.63) is 63.7 Å². The molecule has 0 aliphatic rings. The Morgan fingerprint density at radius 3 is 2.52 bits per heavy atom. The van der Waals surface area contributed by atoms with E-state index in [0.29, 0.717) is 10.7 Å². The molecule has 0 aliphatic heterocycles. The Morgan fingerprint density at radius 2 is 1.86 bits per heavy atom. The molecule has 0 aliphatic carbocycles. The molecule has 0 fully saturated rings. The SMILES string of the molecule is O=C(CNc1ccc(Cl)cc1)Nc1cccc([N+](=O)[O-])c1. The predicted octanol–water partition coefficient (Wildman–Crippen LogP) is 3.30. The van der Waals surface area contributed by atoms with E-state index in [4.69, 9.17) is 11.6 Å². The molecule has 2 N–H and O–H groups in total. The molecule has 0 unspecified atom stereocenters. The van der Waals surface area contributed by atoms with Crippen LogP contribution in [0.4, 0.5) is 17.1 Å². The first-order valence-corrected chi connectivity index (χ1v) is 6.46. The average molecular weight is 306 g/mol. The number of nitro benzene ring substituents is 1. The van der Waals surface area contributed by atoms with Crippen molar-refractivity contribution >= 4 is 34.6 Å². The van der Waals surface area contributed by atoms with Gasteiger partial charge in [0.15, 0.2) is 0 Å². The van der Waals surface area contributed by atoms with Crippen LogP contribution in [-0.2, 0) is 4.79 Å².